The van der Waals surface area contributed by atoms with Gasteiger partial charge >= 0.3 is 6.18 Å². The molecule has 0 radical (unpaired) electrons. The average Bonchev–Trinajstić information content (AvgIpc) is 3.48. The van der Waals surface area contributed by atoms with E-state index < -0.39 is 28.0 Å². The maximum absolute atomic E-state index is 13.2. The number of sulfonamides is 1. The van der Waals surface area contributed by atoms with Crippen molar-refractivity contribution in [3.63, 3.8) is 0 Å². The number of nitrogens with zero attached hydrogens (tertiary/aromatic N) is 2. The Morgan fingerprint density at radius 3 is 2.61 bits per heavy atom. The summed E-state index contributed by atoms with van der Waals surface area (Å²) in [6, 6.07) is 8.49. The van der Waals surface area contributed by atoms with Crippen LogP contribution in [-0.2, 0) is 14.8 Å². The molecule has 2 heterocycles. The van der Waals surface area contributed by atoms with Gasteiger partial charge in [-0.25, -0.2) is 8.42 Å². The smallest absolute Gasteiger partial charge is 0.392 e. The molecular formula is C24H22F3N3O5S. The largest absolute Gasteiger partial charge is 0.495 e. The number of ether oxygens (including phenoxy) is 1. The lowest BCUT2D eigenvalue weighted by molar-refractivity contribution is -0.150. The minimum atomic E-state index is -4.24. The molecule has 0 amide bonds. The second-order valence-electron chi connectivity index (χ2n) is 8.97. The Morgan fingerprint density at radius 2 is 1.97 bits per heavy atom. The zero-order valence-electron chi connectivity index (χ0n) is 19.2. The lowest BCUT2D eigenvalue weighted by atomic mass is 9.86. The third kappa shape index (κ3) is 4.29. The Kier molecular flexibility index (Phi) is 5.73. The summed E-state index contributed by atoms with van der Waals surface area (Å²) in [6.07, 6.45) is -1.04. The normalized spacial score (nSPS) is 22.5. The molecule has 1 N–H and O–H groups in total. The third-order valence-corrected chi connectivity index (χ3v) is 7.98. The van der Waals surface area contributed by atoms with Crippen molar-refractivity contribution in [2.75, 3.05) is 11.8 Å². The van der Waals surface area contributed by atoms with E-state index >= 15 is 0 Å². The van der Waals surface area contributed by atoms with Crippen LogP contribution in [0.1, 0.15) is 19.8 Å². The highest BCUT2D eigenvalue weighted by atomic mass is 32.2. The van der Waals surface area contributed by atoms with Crippen LogP contribution in [0.2, 0.25) is 0 Å². The zero-order valence-corrected chi connectivity index (χ0v) is 20.1. The fourth-order valence-electron chi connectivity index (χ4n) is 4.79. The van der Waals surface area contributed by atoms with Crippen LogP contribution in [0, 0.1) is 17.8 Å². The fraction of sp³-hybridized carbons (Fsp3) is 0.333. The van der Waals surface area contributed by atoms with E-state index in [0.717, 1.165) is 0 Å². The first-order valence-corrected chi connectivity index (χ1v) is 12.6. The zero-order chi connectivity index (χ0) is 25.8. The highest BCUT2D eigenvalue weighted by Crippen LogP contribution is 2.56. The van der Waals surface area contributed by atoms with Gasteiger partial charge in [-0.1, -0.05) is 17.7 Å². The number of alkyl halides is 3. The number of nitrogens with one attached hydrogen (secondary N) is 1. The lowest BCUT2D eigenvalue weighted by Crippen LogP contribution is -2.24. The predicted molar refractivity (Wildman–Crippen MR) is 125 cm³/mol. The van der Waals surface area contributed by atoms with Crippen LogP contribution in [0.15, 0.2) is 74.3 Å². The number of aromatic nitrogens is 2. The Hall–Kier alpha value is -3.54. The van der Waals surface area contributed by atoms with Gasteiger partial charge < -0.3 is 9.26 Å². The summed E-state index contributed by atoms with van der Waals surface area (Å²) in [5.74, 6) is -1.82. The number of hydrogen-bond donors (Lipinski definition) is 1. The first kappa shape index (κ1) is 24.2. The molecular weight excluding hydrogens is 499 g/mol. The minimum Gasteiger partial charge on any atom is -0.495 e. The van der Waals surface area contributed by atoms with Gasteiger partial charge in [-0.3, -0.25) is 14.1 Å². The summed E-state index contributed by atoms with van der Waals surface area (Å²) in [7, 11) is -2.57. The van der Waals surface area contributed by atoms with Crippen LogP contribution in [0.3, 0.4) is 0 Å². The van der Waals surface area contributed by atoms with Crippen LogP contribution >= 0.6 is 0 Å². The van der Waals surface area contributed by atoms with Crippen LogP contribution in [0.25, 0.3) is 16.6 Å². The van der Waals surface area contributed by atoms with Crippen molar-refractivity contribution < 1.29 is 30.8 Å². The predicted octanol–water partition coefficient (Wildman–Crippen LogP) is 4.77. The quantitative estimate of drug-likeness (QED) is 0.501. The SMILES string of the molecule is COC1=C(n2c(=O)ccc3cc(S(=O)(=O)Nc4ccon4)ccc32)CC(C)C([C@H]2C[C@@H]2C(F)(F)F)=C1. The molecule has 12 heteroatoms. The standard InChI is InChI=1S/C24H22F3N3O5S/c1-13-9-20(21(34-2)12-16(13)17-11-18(17)24(25,26)27)30-19-5-4-15(10-14(19)3-6-23(30)31)36(32,33)29-22-7-8-35-28-22/h3-8,10,12-13,17-18H,9,11H2,1-2H3,(H,28,29)/t13?,17-,18+/m1/s1. The molecule has 1 saturated carbocycles. The molecule has 0 spiro atoms. The molecule has 1 aromatic carbocycles. The summed E-state index contributed by atoms with van der Waals surface area (Å²) in [6.45, 7) is 1.83. The van der Waals surface area contributed by atoms with Gasteiger partial charge in [0.25, 0.3) is 15.6 Å². The Labute approximate surface area is 204 Å². The molecule has 0 saturated heterocycles. The van der Waals surface area contributed by atoms with Gasteiger partial charge in [0.15, 0.2) is 5.82 Å². The summed E-state index contributed by atoms with van der Waals surface area (Å²) in [5.41, 5.74) is 1.24. The lowest BCUT2D eigenvalue weighted by Gasteiger charge is -2.27. The Morgan fingerprint density at radius 1 is 1.19 bits per heavy atom. The Balaban J connectivity index is 1.57. The van der Waals surface area contributed by atoms with Gasteiger partial charge in [-0.15, -0.1) is 0 Å². The molecule has 8 nitrogen and oxygen atoms in total. The molecule has 1 fully saturated rings. The van der Waals surface area contributed by atoms with E-state index in [9.17, 15) is 26.4 Å². The van der Waals surface area contributed by atoms with E-state index in [2.05, 4.69) is 14.4 Å². The number of rotatable bonds is 6. The van der Waals surface area contributed by atoms with Gasteiger partial charge in [0.05, 0.1) is 29.1 Å². The van der Waals surface area contributed by atoms with E-state index in [1.54, 1.807) is 6.08 Å². The van der Waals surface area contributed by atoms with E-state index in [-0.39, 0.29) is 28.6 Å². The number of hydrogen-bond acceptors (Lipinski definition) is 6. The first-order chi connectivity index (χ1) is 17.0. The summed E-state index contributed by atoms with van der Waals surface area (Å²) >= 11 is 0. The van der Waals surface area contributed by atoms with Crippen molar-refractivity contribution in [1.29, 1.82) is 0 Å². The second kappa shape index (κ2) is 8.54. The van der Waals surface area contributed by atoms with Gasteiger partial charge in [0.2, 0.25) is 0 Å². The maximum Gasteiger partial charge on any atom is 0.392 e. The van der Waals surface area contributed by atoms with E-state index in [1.165, 1.54) is 54.3 Å². The topological polar surface area (TPSA) is 103 Å². The van der Waals surface area contributed by atoms with Gasteiger partial charge in [0.1, 0.15) is 12.0 Å². The van der Waals surface area contributed by atoms with Crippen molar-refractivity contribution in [2.24, 2.45) is 17.8 Å². The van der Waals surface area contributed by atoms with Gasteiger partial charge in [-0.2, -0.15) is 13.2 Å². The molecule has 36 heavy (non-hydrogen) atoms. The number of methoxy groups -OCH3 is 1. The van der Waals surface area contributed by atoms with Crippen LogP contribution in [0.4, 0.5) is 19.0 Å². The highest BCUT2D eigenvalue weighted by molar-refractivity contribution is 7.92. The van der Waals surface area contributed by atoms with Crippen LogP contribution in [0.5, 0.6) is 0 Å². The molecule has 2 aromatic heterocycles. The molecule has 2 aliphatic rings. The minimum absolute atomic E-state index is 0.0252. The second-order valence-corrected chi connectivity index (χ2v) is 10.7. The van der Waals surface area contributed by atoms with Crippen molar-refractivity contribution in [1.82, 2.24) is 9.72 Å². The van der Waals surface area contributed by atoms with Gasteiger partial charge in [-0.05, 0) is 55.0 Å². The monoisotopic (exact) mass is 521 g/mol. The van der Waals surface area contributed by atoms with Crippen molar-refractivity contribution in [3.05, 3.63) is 70.4 Å². The fourth-order valence-corrected chi connectivity index (χ4v) is 5.82. The van der Waals surface area contributed by atoms with E-state index in [4.69, 9.17) is 4.74 Å². The number of allylic oxidation sites excluding steroid dienone is 3. The summed E-state index contributed by atoms with van der Waals surface area (Å²) in [5, 5.41) is 4.02. The molecule has 3 atom stereocenters. The molecule has 0 aliphatic heterocycles. The molecule has 190 valence electrons. The molecule has 0 bridgehead atoms. The molecule has 5 rings (SSSR count). The number of anilines is 1. The van der Waals surface area contributed by atoms with Gasteiger partial charge in [0, 0.05) is 17.5 Å². The summed E-state index contributed by atoms with van der Waals surface area (Å²) in [4.78, 5) is 12.9. The molecule has 3 aromatic rings. The average molecular weight is 522 g/mol. The molecule has 2 aliphatic carbocycles. The van der Waals surface area contributed by atoms with E-state index in [0.29, 0.717) is 34.4 Å². The third-order valence-electron chi connectivity index (χ3n) is 6.63. The van der Waals surface area contributed by atoms with Crippen LogP contribution < -0.4 is 10.3 Å². The number of benzene rings is 1. The van der Waals surface area contributed by atoms with E-state index in [1.807, 2.05) is 6.92 Å². The Bertz CT molecular complexity index is 1560. The summed E-state index contributed by atoms with van der Waals surface area (Å²) < 4.78 is 78.9. The maximum atomic E-state index is 13.2. The number of fused-ring (bicyclic) bond motifs is 1. The number of halogens is 3. The first-order valence-electron chi connectivity index (χ1n) is 11.1. The van der Waals surface area contributed by atoms with Crippen molar-refractivity contribution in [2.45, 2.75) is 30.8 Å². The van der Waals surface area contributed by atoms with Crippen molar-refractivity contribution in [3.8, 4) is 0 Å². The van der Waals surface area contributed by atoms with Crippen molar-refractivity contribution >= 4 is 32.4 Å². The highest BCUT2D eigenvalue weighted by Gasteiger charge is 2.57. The molecule has 1 unspecified atom stereocenters. The number of pyridine rings is 1. The van der Waals surface area contributed by atoms with Crippen LogP contribution in [-0.4, -0.2) is 31.4 Å².